The van der Waals surface area contributed by atoms with Gasteiger partial charge in [0, 0.05) is 0 Å². The normalized spacial score (nSPS) is 12.1. The van der Waals surface area contributed by atoms with E-state index in [9.17, 15) is 4.79 Å². The molecule has 4 heteroatoms. The molecule has 0 atom stereocenters. The number of thiophene rings is 1. The Hall–Kier alpha value is -1.29. The van der Waals surface area contributed by atoms with E-state index in [2.05, 4.69) is 32.2 Å². The molecule has 0 aliphatic rings. The average molecular weight is 267 g/mol. The van der Waals surface area contributed by atoms with Crippen LogP contribution < -0.4 is 5.32 Å². The van der Waals surface area contributed by atoms with Crippen molar-refractivity contribution in [2.24, 2.45) is 5.92 Å². The molecule has 0 aliphatic heterocycles. The first-order valence-corrected chi connectivity index (χ1v) is 7.02. The molecule has 0 aliphatic carbocycles. The van der Waals surface area contributed by atoms with E-state index in [1.807, 2.05) is 25.3 Å². The lowest BCUT2D eigenvalue weighted by Crippen LogP contribution is -2.18. The van der Waals surface area contributed by atoms with E-state index >= 15 is 0 Å². The fourth-order valence-electron chi connectivity index (χ4n) is 1.64. The molecule has 18 heavy (non-hydrogen) atoms. The predicted molar refractivity (Wildman–Crippen MR) is 78.0 cm³/mol. The summed E-state index contributed by atoms with van der Waals surface area (Å²) in [5.41, 5.74) is 2.00. The van der Waals surface area contributed by atoms with Crippen LogP contribution in [0.2, 0.25) is 0 Å². The first-order chi connectivity index (χ1) is 8.40. The minimum Gasteiger partial charge on any atom is -0.447 e. The number of carbonyl (C=O) groups excluding carboxylic acids is 1. The van der Waals surface area contributed by atoms with E-state index in [-0.39, 0.29) is 6.10 Å². The minimum absolute atomic E-state index is 0.112. The quantitative estimate of drug-likeness (QED) is 0.853. The number of anilines is 1. The van der Waals surface area contributed by atoms with E-state index < -0.39 is 6.09 Å². The molecule has 0 aromatic carbocycles. The van der Waals surface area contributed by atoms with Crippen molar-refractivity contribution in [1.29, 1.82) is 0 Å². The molecule has 1 N–H and O–H groups in total. The molecule has 1 aromatic rings. The second-order valence-corrected chi connectivity index (χ2v) is 5.75. The Labute approximate surface area is 113 Å². The Bertz CT molecular complexity index is 433. The van der Waals surface area contributed by atoms with Gasteiger partial charge < -0.3 is 4.74 Å². The molecule has 1 heterocycles. The van der Waals surface area contributed by atoms with Crippen molar-refractivity contribution in [2.75, 3.05) is 5.32 Å². The predicted octanol–water partition coefficient (Wildman–Crippen LogP) is 4.76. The van der Waals surface area contributed by atoms with Gasteiger partial charge in [0.25, 0.3) is 0 Å². The summed E-state index contributed by atoms with van der Waals surface area (Å²) in [5.74, 6) is 0.488. The standard InChI is InChI=1S/C14H21NO2S/c1-9(2)8-11(5)13-12(6-7-18-13)15-14(16)17-10(3)4/h6-10H,1-5H3,(H,15,16). The summed E-state index contributed by atoms with van der Waals surface area (Å²) in [6.45, 7) is 10.00. The van der Waals surface area contributed by atoms with Crippen molar-refractivity contribution in [3.8, 4) is 0 Å². The molecule has 100 valence electrons. The molecule has 0 bridgehead atoms. The van der Waals surface area contributed by atoms with Crippen LogP contribution in [-0.4, -0.2) is 12.2 Å². The summed E-state index contributed by atoms with van der Waals surface area (Å²) < 4.78 is 5.07. The van der Waals surface area contributed by atoms with Gasteiger partial charge in [0.05, 0.1) is 16.7 Å². The SMILES string of the molecule is CC(=CC(C)C)c1sccc1NC(=O)OC(C)C. The van der Waals surface area contributed by atoms with Gasteiger partial charge in [-0.3, -0.25) is 5.32 Å². The maximum Gasteiger partial charge on any atom is 0.411 e. The van der Waals surface area contributed by atoms with Crippen LogP contribution in [0.15, 0.2) is 17.5 Å². The summed E-state index contributed by atoms with van der Waals surface area (Å²) in [7, 11) is 0. The summed E-state index contributed by atoms with van der Waals surface area (Å²) in [4.78, 5) is 12.7. The van der Waals surface area contributed by atoms with E-state index in [1.54, 1.807) is 11.3 Å². The number of hydrogen-bond acceptors (Lipinski definition) is 3. The fourth-order valence-corrected chi connectivity index (χ4v) is 2.48. The highest BCUT2D eigenvalue weighted by Gasteiger charge is 2.11. The summed E-state index contributed by atoms with van der Waals surface area (Å²) in [5, 5.41) is 4.75. The number of carbonyl (C=O) groups is 1. The van der Waals surface area contributed by atoms with Crippen molar-refractivity contribution < 1.29 is 9.53 Å². The van der Waals surface area contributed by atoms with Crippen molar-refractivity contribution in [1.82, 2.24) is 0 Å². The lowest BCUT2D eigenvalue weighted by Gasteiger charge is -2.10. The number of nitrogens with one attached hydrogen (secondary N) is 1. The second-order valence-electron chi connectivity index (χ2n) is 4.84. The number of rotatable bonds is 4. The van der Waals surface area contributed by atoms with Crippen molar-refractivity contribution in [2.45, 2.75) is 40.7 Å². The summed E-state index contributed by atoms with van der Waals surface area (Å²) in [6, 6.07) is 1.90. The third kappa shape index (κ3) is 4.53. The zero-order valence-corrected chi connectivity index (χ0v) is 12.4. The van der Waals surface area contributed by atoms with Gasteiger partial charge in [0.2, 0.25) is 0 Å². The zero-order chi connectivity index (χ0) is 13.7. The first kappa shape index (κ1) is 14.8. The number of allylic oxidation sites excluding steroid dienone is 2. The molecule has 3 nitrogen and oxygen atoms in total. The first-order valence-electron chi connectivity index (χ1n) is 6.14. The molecule has 0 radical (unpaired) electrons. The Morgan fingerprint density at radius 1 is 1.39 bits per heavy atom. The van der Waals surface area contributed by atoms with Gasteiger partial charge in [-0.15, -0.1) is 11.3 Å². The molecule has 1 amide bonds. The highest BCUT2D eigenvalue weighted by Crippen LogP contribution is 2.30. The fraction of sp³-hybridized carbons (Fsp3) is 0.500. The van der Waals surface area contributed by atoms with Crippen molar-refractivity contribution in [3.63, 3.8) is 0 Å². The molecule has 0 fully saturated rings. The van der Waals surface area contributed by atoms with Crippen LogP contribution in [0.3, 0.4) is 0 Å². The van der Waals surface area contributed by atoms with Crippen LogP contribution in [0.4, 0.5) is 10.5 Å². The van der Waals surface area contributed by atoms with Gasteiger partial charge in [-0.25, -0.2) is 4.79 Å². The Morgan fingerprint density at radius 3 is 2.61 bits per heavy atom. The van der Waals surface area contributed by atoms with Crippen LogP contribution in [-0.2, 0) is 4.74 Å². The topological polar surface area (TPSA) is 38.3 Å². The Morgan fingerprint density at radius 2 is 2.06 bits per heavy atom. The molecule has 0 saturated carbocycles. The summed E-state index contributed by atoms with van der Waals surface area (Å²) >= 11 is 1.62. The smallest absolute Gasteiger partial charge is 0.411 e. The number of hydrogen-bond donors (Lipinski definition) is 1. The lowest BCUT2D eigenvalue weighted by atomic mass is 10.1. The van der Waals surface area contributed by atoms with Gasteiger partial charge in [-0.05, 0) is 43.7 Å². The van der Waals surface area contributed by atoms with E-state index in [4.69, 9.17) is 4.74 Å². The second kappa shape index (κ2) is 6.59. The van der Waals surface area contributed by atoms with E-state index in [0.717, 1.165) is 10.6 Å². The average Bonchev–Trinajstić information content (AvgIpc) is 2.62. The third-order valence-corrected chi connectivity index (χ3v) is 3.24. The molecular formula is C14H21NO2S. The monoisotopic (exact) mass is 267 g/mol. The molecule has 0 saturated heterocycles. The van der Waals surface area contributed by atoms with E-state index in [0.29, 0.717) is 5.92 Å². The van der Waals surface area contributed by atoms with Crippen LogP contribution in [0.5, 0.6) is 0 Å². The minimum atomic E-state index is -0.401. The van der Waals surface area contributed by atoms with Gasteiger partial charge in [0.1, 0.15) is 0 Å². The van der Waals surface area contributed by atoms with Gasteiger partial charge in [-0.1, -0.05) is 19.9 Å². The van der Waals surface area contributed by atoms with Gasteiger partial charge >= 0.3 is 6.09 Å². The van der Waals surface area contributed by atoms with Crippen LogP contribution in [0, 0.1) is 5.92 Å². The third-order valence-electron chi connectivity index (χ3n) is 2.19. The largest absolute Gasteiger partial charge is 0.447 e. The zero-order valence-electron chi connectivity index (χ0n) is 11.6. The maximum absolute atomic E-state index is 11.6. The van der Waals surface area contributed by atoms with E-state index in [1.165, 1.54) is 5.57 Å². The van der Waals surface area contributed by atoms with Crippen LogP contribution in [0.25, 0.3) is 5.57 Å². The molecule has 1 aromatic heterocycles. The van der Waals surface area contributed by atoms with Crippen LogP contribution >= 0.6 is 11.3 Å². The molecule has 1 rings (SSSR count). The van der Waals surface area contributed by atoms with Crippen molar-refractivity contribution >= 4 is 28.7 Å². The summed E-state index contributed by atoms with van der Waals surface area (Å²) in [6.07, 6.45) is 1.67. The lowest BCUT2D eigenvalue weighted by molar-refractivity contribution is 0.130. The van der Waals surface area contributed by atoms with Gasteiger partial charge in [-0.2, -0.15) is 0 Å². The molecule has 0 unspecified atom stereocenters. The Kier molecular flexibility index (Phi) is 5.41. The van der Waals surface area contributed by atoms with Crippen molar-refractivity contribution in [3.05, 3.63) is 22.4 Å². The number of amides is 1. The highest BCUT2D eigenvalue weighted by atomic mass is 32.1. The van der Waals surface area contributed by atoms with Gasteiger partial charge in [0.15, 0.2) is 0 Å². The molecular weight excluding hydrogens is 246 g/mol. The van der Waals surface area contributed by atoms with Crippen LogP contribution in [0.1, 0.15) is 39.5 Å². The number of ether oxygens (including phenoxy) is 1. The molecule has 0 spiro atoms. The Balaban J connectivity index is 2.80. The maximum atomic E-state index is 11.6. The highest BCUT2D eigenvalue weighted by molar-refractivity contribution is 7.11.